The first kappa shape index (κ1) is 30.0. The molecule has 0 saturated carbocycles. The fraction of sp³-hybridized carbons (Fsp3) is 0.667. The van der Waals surface area contributed by atoms with Crippen LogP contribution in [0.3, 0.4) is 0 Å². The summed E-state index contributed by atoms with van der Waals surface area (Å²) in [5.74, 6) is -2.01. The van der Waals surface area contributed by atoms with Gasteiger partial charge in [0.2, 0.25) is 0 Å². The van der Waals surface area contributed by atoms with Crippen molar-refractivity contribution < 1.29 is 41.5 Å². The van der Waals surface area contributed by atoms with Gasteiger partial charge in [-0.15, -0.1) is 0 Å². The Morgan fingerprint density at radius 1 is 0.706 bits per heavy atom. The van der Waals surface area contributed by atoms with Crippen molar-refractivity contribution in [1.82, 2.24) is 0 Å². The van der Waals surface area contributed by atoms with Gasteiger partial charge in [-0.1, -0.05) is 41.5 Å². The van der Waals surface area contributed by atoms with Gasteiger partial charge in [-0.05, 0) is 0 Å². The minimum absolute atomic E-state index is 0. The molecule has 0 rings (SSSR count). The summed E-state index contributed by atoms with van der Waals surface area (Å²) in [5, 5.41) is 19.8. The molecule has 0 aliphatic heterocycles. The molecule has 0 radical (unpaired) electrons. The first-order chi connectivity index (χ1) is 5.89. The molecule has 0 aromatic carbocycles. The third-order valence-electron chi connectivity index (χ3n) is 1.22. The number of hydrogen-bond donors (Lipinski definition) is 0. The van der Waals surface area contributed by atoms with Crippen LogP contribution in [0.15, 0.2) is 0 Å². The van der Waals surface area contributed by atoms with Crippen LogP contribution in [0.25, 0.3) is 0 Å². The first-order valence-corrected chi connectivity index (χ1v) is 4.32. The standard InChI is InChI=1S/2C5H10O2.2CH3.Ti/c2*1-5(2,3)4(6)7;;;/h2*1-3H3,(H,6,7);2*1H3;/q;;2*-1;+4/p-2. The Bertz CT molecular complexity index is 188. The SMILES string of the molecule is CC(C)(C)C(=O)[O-].CC(C)(C)C(=O)[O-].[CH3-].[CH3-].[Ti+4]. The molecule has 0 N–H and O–H groups in total. The molecule has 0 heterocycles. The minimum Gasteiger partial charge on any atom is -0.550 e. The Hall–Kier alpha value is -0.346. The molecule has 0 fully saturated rings. The summed E-state index contributed by atoms with van der Waals surface area (Å²) in [5.41, 5.74) is -1.39. The van der Waals surface area contributed by atoms with Gasteiger partial charge < -0.3 is 34.7 Å². The minimum atomic E-state index is -1.01. The van der Waals surface area contributed by atoms with Crippen LogP contribution >= 0.6 is 0 Å². The van der Waals surface area contributed by atoms with Crippen LogP contribution in [0.4, 0.5) is 0 Å². The second-order valence-electron chi connectivity index (χ2n) is 5.07. The third kappa shape index (κ3) is 21.5. The molecule has 0 bridgehead atoms. The van der Waals surface area contributed by atoms with Crippen LogP contribution in [-0.2, 0) is 31.3 Å². The van der Waals surface area contributed by atoms with E-state index in [4.69, 9.17) is 0 Å². The summed E-state index contributed by atoms with van der Waals surface area (Å²) in [6.45, 7) is 9.60. The monoisotopic (exact) mass is 280 g/mol. The van der Waals surface area contributed by atoms with Gasteiger partial charge in [-0.3, -0.25) is 0 Å². The maximum absolute atomic E-state index is 9.91. The van der Waals surface area contributed by atoms with E-state index in [0.717, 1.165) is 0 Å². The number of carbonyl (C=O) groups is 2. The topological polar surface area (TPSA) is 80.3 Å². The molecular weight excluding hydrogens is 256 g/mol. The van der Waals surface area contributed by atoms with Gasteiger partial charge in [0.05, 0.1) is 0 Å². The Morgan fingerprint density at radius 3 is 0.765 bits per heavy atom. The summed E-state index contributed by atoms with van der Waals surface area (Å²) in [7, 11) is 0. The van der Waals surface area contributed by atoms with E-state index < -0.39 is 22.8 Å². The van der Waals surface area contributed by atoms with Gasteiger partial charge >= 0.3 is 21.7 Å². The zero-order chi connectivity index (χ0) is 12.2. The molecule has 0 aliphatic carbocycles. The van der Waals surface area contributed by atoms with E-state index in [-0.39, 0.29) is 36.6 Å². The molecule has 100 valence electrons. The van der Waals surface area contributed by atoms with Crippen molar-refractivity contribution in [1.29, 1.82) is 0 Å². The summed E-state index contributed by atoms with van der Waals surface area (Å²) in [4.78, 5) is 19.8. The molecule has 17 heavy (non-hydrogen) atoms. The van der Waals surface area contributed by atoms with Crippen LogP contribution in [0.5, 0.6) is 0 Å². The van der Waals surface area contributed by atoms with E-state index in [1.54, 1.807) is 41.5 Å². The Morgan fingerprint density at radius 2 is 0.765 bits per heavy atom. The van der Waals surface area contributed by atoms with Crippen molar-refractivity contribution in [2.45, 2.75) is 41.5 Å². The van der Waals surface area contributed by atoms with Gasteiger partial charge in [-0.2, -0.15) is 0 Å². The summed E-state index contributed by atoms with van der Waals surface area (Å²) in [6.07, 6.45) is 0. The average molecular weight is 280 g/mol. The maximum atomic E-state index is 9.91. The van der Waals surface area contributed by atoms with Crippen molar-refractivity contribution >= 4 is 11.9 Å². The molecule has 0 spiro atoms. The molecule has 0 aromatic heterocycles. The van der Waals surface area contributed by atoms with E-state index in [9.17, 15) is 19.8 Å². The van der Waals surface area contributed by atoms with E-state index in [1.165, 1.54) is 0 Å². The predicted molar refractivity (Wildman–Crippen MR) is 61.8 cm³/mol. The maximum Gasteiger partial charge on any atom is 4.00 e. The number of carboxylic acids is 2. The molecular formula is C12H24O4Ti. The van der Waals surface area contributed by atoms with Crippen molar-refractivity contribution in [3.05, 3.63) is 14.9 Å². The number of hydrogen-bond acceptors (Lipinski definition) is 4. The summed E-state index contributed by atoms with van der Waals surface area (Å²) >= 11 is 0. The molecule has 5 heteroatoms. The fourth-order valence-electron chi connectivity index (χ4n) is 0. The first-order valence-electron chi connectivity index (χ1n) is 4.32. The second kappa shape index (κ2) is 10.8. The molecule has 4 nitrogen and oxygen atoms in total. The smallest absolute Gasteiger partial charge is 0.550 e. The van der Waals surface area contributed by atoms with Crippen molar-refractivity contribution in [2.24, 2.45) is 10.8 Å². The van der Waals surface area contributed by atoms with Gasteiger partial charge in [0.1, 0.15) is 0 Å². The van der Waals surface area contributed by atoms with Crippen molar-refractivity contribution in [3.63, 3.8) is 0 Å². The zero-order valence-corrected chi connectivity index (χ0v) is 13.7. The van der Waals surface area contributed by atoms with Gasteiger partial charge in [0, 0.05) is 22.8 Å². The van der Waals surface area contributed by atoms with Crippen LogP contribution in [-0.4, -0.2) is 11.9 Å². The molecule has 0 unspecified atom stereocenters. The quantitative estimate of drug-likeness (QED) is 0.477. The molecule has 0 atom stereocenters. The largest absolute Gasteiger partial charge is 4.00 e. The molecule has 0 aliphatic rings. The normalized spacial score (nSPS) is 9.29. The number of carboxylic acid groups (broad SMARTS) is 2. The second-order valence-corrected chi connectivity index (χ2v) is 5.07. The van der Waals surface area contributed by atoms with Crippen molar-refractivity contribution in [2.75, 3.05) is 0 Å². The van der Waals surface area contributed by atoms with Gasteiger partial charge in [-0.25, -0.2) is 0 Å². The molecule has 0 amide bonds. The summed E-state index contributed by atoms with van der Waals surface area (Å²) in [6, 6.07) is 0. The van der Waals surface area contributed by atoms with E-state index in [0.29, 0.717) is 0 Å². The van der Waals surface area contributed by atoms with Crippen LogP contribution in [0, 0.1) is 25.7 Å². The van der Waals surface area contributed by atoms with Crippen LogP contribution in [0.2, 0.25) is 0 Å². The van der Waals surface area contributed by atoms with Gasteiger partial charge in [0.25, 0.3) is 0 Å². The predicted octanol–water partition coefficient (Wildman–Crippen LogP) is 0.463. The van der Waals surface area contributed by atoms with Crippen LogP contribution < -0.4 is 10.2 Å². The Kier molecular flexibility index (Phi) is 19.1. The van der Waals surface area contributed by atoms with E-state index in [1.807, 2.05) is 0 Å². The van der Waals surface area contributed by atoms with E-state index in [2.05, 4.69) is 0 Å². The number of aliphatic carboxylic acids is 2. The zero-order valence-electron chi connectivity index (χ0n) is 12.1. The fourth-order valence-corrected chi connectivity index (χ4v) is 0. The average Bonchev–Trinajstić information content (AvgIpc) is 1.83. The number of carbonyl (C=O) groups excluding carboxylic acids is 2. The summed E-state index contributed by atoms with van der Waals surface area (Å²) < 4.78 is 0. The number of rotatable bonds is 0. The molecule has 0 aromatic rings. The Labute approximate surface area is 121 Å². The van der Waals surface area contributed by atoms with Crippen molar-refractivity contribution in [3.8, 4) is 0 Å². The van der Waals surface area contributed by atoms with E-state index >= 15 is 0 Å². The Balaban J connectivity index is -0.0000000480. The third-order valence-corrected chi connectivity index (χ3v) is 1.22. The van der Waals surface area contributed by atoms with Crippen LogP contribution in [0.1, 0.15) is 41.5 Å². The molecule has 0 saturated heterocycles. The van der Waals surface area contributed by atoms with Gasteiger partial charge in [0.15, 0.2) is 0 Å².